The molecule has 2 aliphatic rings. The molecule has 0 unspecified atom stereocenters. The maximum atomic E-state index is 13.1. The average Bonchev–Trinajstić information content (AvgIpc) is 2.82. The zero-order valence-corrected chi connectivity index (χ0v) is 16.1. The number of urea groups is 1. The van der Waals surface area contributed by atoms with Crippen molar-refractivity contribution in [2.75, 3.05) is 32.8 Å². The number of primary amides is 1. The molecule has 4 amide bonds. The zero-order valence-electron chi connectivity index (χ0n) is 16.1. The summed E-state index contributed by atoms with van der Waals surface area (Å²) in [6.45, 7) is 5.58. The van der Waals surface area contributed by atoms with Crippen LogP contribution < -0.4 is 11.1 Å². The third-order valence-electron chi connectivity index (χ3n) is 5.20. The number of rotatable bonds is 5. The van der Waals surface area contributed by atoms with Crippen LogP contribution >= 0.6 is 0 Å². The lowest BCUT2D eigenvalue weighted by Crippen LogP contribution is -2.57. The predicted molar refractivity (Wildman–Crippen MR) is 98.4 cm³/mol. The van der Waals surface area contributed by atoms with Gasteiger partial charge in [-0.25, -0.2) is 4.79 Å². The Kier molecular flexibility index (Phi) is 8.00. The number of carbonyl (C=O) groups is 3. The predicted octanol–water partition coefficient (Wildman–Crippen LogP) is -0.516. The van der Waals surface area contributed by atoms with Crippen LogP contribution in [0.1, 0.15) is 33.1 Å². The van der Waals surface area contributed by atoms with Crippen LogP contribution in [0.15, 0.2) is 0 Å². The molecule has 4 N–H and O–H groups in total. The molecule has 0 aromatic rings. The Hall–Kier alpha value is -1.71. The number of aliphatic hydroxyl groups excluding tert-OH is 1. The van der Waals surface area contributed by atoms with E-state index in [1.54, 1.807) is 11.8 Å². The molecule has 2 heterocycles. The Morgan fingerprint density at radius 1 is 1.33 bits per heavy atom. The highest BCUT2D eigenvalue weighted by Gasteiger charge is 2.38. The van der Waals surface area contributed by atoms with Crippen molar-refractivity contribution in [2.45, 2.75) is 51.3 Å². The van der Waals surface area contributed by atoms with Crippen LogP contribution in [0.2, 0.25) is 0 Å². The van der Waals surface area contributed by atoms with Crippen LogP contribution in [0.4, 0.5) is 4.79 Å². The van der Waals surface area contributed by atoms with Gasteiger partial charge < -0.3 is 25.8 Å². The van der Waals surface area contributed by atoms with Gasteiger partial charge in [0.05, 0.1) is 31.8 Å². The molecular weight excluding hydrogens is 352 g/mol. The average molecular weight is 383 g/mol. The van der Waals surface area contributed by atoms with Crippen LogP contribution in [0.5, 0.6) is 0 Å². The quantitative estimate of drug-likeness (QED) is 0.587. The first kappa shape index (κ1) is 21.6. The summed E-state index contributed by atoms with van der Waals surface area (Å²) in [6, 6.07) is -0.853. The van der Waals surface area contributed by atoms with Crippen LogP contribution in [0, 0.1) is 12.3 Å². The smallest absolute Gasteiger partial charge is 0.327 e. The van der Waals surface area contributed by atoms with E-state index in [-0.39, 0.29) is 12.5 Å². The largest absolute Gasteiger partial charge is 0.390 e. The molecule has 2 aliphatic heterocycles. The summed E-state index contributed by atoms with van der Waals surface area (Å²) < 4.78 is 5.28. The molecule has 2 saturated heterocycles. The van der Waals surface area contributed by atoms with E-state index < -0.39 is 35.9 Å². The number of nitrogens with two attached hydrogens (primary N) is 1. The van der Waals surface area contributed by atoms with E-state index in [1.807, 2.05) is 6.92 Å². The Morgan fingerprint density at radius 3 is 2.63 bits per heavy atom. The molecule has 27 heavy (non-hydrogen) atoms. The van der Waals surface area contributed by atoms with Gasteiger partial charge >= 0.3 is 6.03 Å². The van der Waals surface area contributed by atoms with Crippen LogP contribution in [0.3, 0.4) is 0 Å². The molecule has 9 heteroatoms. The SMILES string of the molecule is C[C@@H]1CC[C@H](N(C(=O)[CH]C[C@H](C)C(N)=O)C(=O)N2CCOCC2)[C@@H](O)CN1. The van der Waals surface area contributed by atoms with E-state index in [2.05, 4.69) is 5.32 Å². The highest BCUT2D eigenvalue weighted by Crippen LogP contribution is 2.21. The molecule has 0 spiro atoms. The summed E-state index contributed by atoms with van der Waals surface area (Å²) in [5, 5.41) is 13.8. The number of aliphatic hydroxyl groups is 1. The van der Waals surface area contributed by atoms with Crippen molar-refractivity contribution >= 4 is 17.8 Å². The highest BCUT2D eigenvalue weighted by atomic mass is 16.5. The molecule has 0 aliphatic carbocycles. The zero-order chi connectivity index (χ0) is 20.0. The first-order chi connectivity index (χ1) is 12.8. The number of β-amino-alcohol motifs (C(OH)–C–C–N with tert-alkyl or cyclic N) is 1. The van der Waals surface area contributed by atoms with Crippen molar-refractivity contribution in [3.8, 4) is 0 Å². The number of morpholine rings is 1. The van der Waals surface area contributed by atoms with Gasteiger partial charge in [0.1, 0.15) is 0 Å². The maximum absolute atomic E-state index is 13.1. The molecule has 0 saturated carbocycles. The number of carbonyl (C=O) groups excluding carboxylic acids is 3. The van der Waals surface area contributed by atoms with Gasteiger partial charge in [-0.05, 0) is 26.2 Å². The van der Waals surface area contributed by atoms with Gasteiger partial charge in [-0.2, -0.15) is 0 Å². The van der Waals surface area contributed by atoms with Gasteiger partial charge in [0.2, 0.25) is 11.8 Å². The number of imide groups is 1. The van der Waals surface area contributed by atoms with Crippen LogP contribution in [0.25, 0.3) is 0 Å². The fraction of sp³-hybridized carbons (Fsp3) is 0.778. The van der Waals surface area contributed by atoms with E-state index >= 15 is 0 Å². The van der Waals surface area contributed by atoms with E-state index in [9.17, 15) is 19.5 Å². The molecular formula is C18H31N4O5. The van der Waals surface area contributed by atoms with Crippen molar-refractivity contribution in [2.24, 2.45) is 11.7 Å². The molecule has 4 atom stereocenters. The minimum atomic E-state index is -0.856. The first-order valence-corrected chi connectivity index (χ1v) is 9.55. The Morgan fingerprint density at radius 2 is 2.00 bits per heavy atom. The van der Waals surface area contributed by atoms with Crippen LogP contribution in [-0.2, 0) is 14.3 Å². The second kappa shape index (κ2) is 10.0. The Labute approximate surface area is 160 Å². The number of hydrogen-bond acceptors (Lipinski definition) is 6. The summed E-state index contributed by atoms with van der Waals surface area (Å²) in [5.74, 6) is -1.51. The topological polar surface area (TPSA) is 125 Å². The van der Waals surface area contributed by atoms with Crippen molar-refractivity contribution < 1.29 is 24.2 Å². The second-order valence-corrected chi connectivity index (χ2v) is 7.35. The van der Waals surface area contributed by atoms with Gasteiger partial charge in [-0.1, -0.05) is 6.92 Å². The minimum absolute atomic E-state index is 0.151. The van der Waals surface area contributed by atoms with Gasteiger partial charge in [0.15, 0.2) is 0 Å². The van der Waals surface area contributed by atoms with Gasteiger partial charge in [0, 0.05) is 31.6 Å². The summed E-state index contributed by atoms with van der Waals surface area (Å²) in [7, 11) is 0. The summed E-state index contributed by atoms with van der Waals surface area (Å²) in [6.07, 6.45) is 1.86. The fourth-order valence-electron chi connectivity index (χ4n) is 3.27. The van der Waals surface area contributed by atoms with Gasteiger partial charge in [-0.15, -0.1) is 0 Å². The molecule has 2 fully saturated rings. The summed E-state index contributed by atoms with van der Waals surface area (Å²) in [5.41, 5.74) is 5.25. The number of nitrogens with zero attached hydrogens (tertiary/aromatic N) is 2. The summed E-state index contributed by atoms with van der Waals surface area (Å²) in [4.78, 5) is 40.0. The second-order valence-electron chi connectivity index (χ2n) is 7.35. The molecule has 0 aromatic heterocycles. The van der Waals surface area contributed by atoms with Crippen molar-refractivity contribution in [3.05, 3.63) is 6.42 Å². The van der Waals surface area contributed by atoms with E-state index in [1.165, 1.54) is 6.42 Å². The van der Waals surface area contributed by atoms with Gasteiger partial charge in [-0.3, -0.25) is 14.5 Å². The van der Waals surface area contributed by atoms with E-state index in [0.717, 1.165) is 11.3 Å². The molecule has 9 nitrogen and oxygen atoms in total. The number of ether oxygens (including phenoxy) is 1. The summed E-state index contributed by atoms with van der Waals surface area (Å²) >= 11 is 0. The van der Waals surface area contributed by atoms with Gasteiger partial charge in [0.25, 0.3) is 0 Å². The van der Waals surface area contributed by atoms with Crippen molar-refractivity contribution in [1.29, 1.82) is 0 Å². The highest BCUT2D eigenvalue weighted by molar-refractivity contribution is 5.99. The lowest BCUT2D eigenvalue weighted by molar-refractivity contribution is -0.130. The van der Waals surface area contributed by atoms with E-state index in [4.69, 9.17) is 10.5 Å². The molecule has 153 valence electrons. The lowest BCUT2D eigenvalue weighted by atomic mass is 10.0. The standard InChI is InChI=1S/C18H31N4O5/c1-12(17(19)25)3-6-16(24)22(18(26)21-7-9-27-10-8-21)14-5-4-13(2)20-11-15(14)23/h6,12-15,20,23H,3-5,7-11H2,1-2H3,(H2,19,25)/t12-,13+,14-,15-/m0/s1. The van der Waals surface area contributed by atoms with Crippen LogP contribution in [-0.4, -0.2) is 83.8 Å². The Bertz CT molecular complexity index is 538. The minimum Gasteiger partial charge on any atom is -0.390 e. The monoisotopic (exact) mass is 383 g/mol. The first-order valence-electron chi connectivity index (χ1n) is 9.55. The number of amides is 4. The Balaban J connectivity index is 2.17. The molecule has 1 radical (unpaired) electrons. The fourth-order valence-corrected chi connectivity index (χ4v) is 3.27. The van der Waals surface area contributed by atoms with Crippen molar-refractivity contribution in [1.82, 2.24) is 15.1 Å². The lowest BCUT2D eigenvalue weighted by Gasteiger charge is -2.37. The maximum Gasteiger partial charge on any atom is 0.327 e. The molecule has 0 bridgehead atoms. The molecule has 2 rings (SSSR count). The van der Waals surface area contributed by atoms with Crippen molar-refractivity contribution in [3.63, 3.8) is 0 Å². The number of hydrogen-bond donors (Lipinski definition) is 3. The third kappa shape index (κ3) is 5.88. The van der Waals surface area contributed by atoms with E-state index in [0.29, 0.717) is 39.3 Å². The normalized spacial score (nSPS) is 27.5. The number of nitrogens with one attached hydrogen (secondary N) is 1. The third-order valence-corrected chi connectivity index (χ3v) is 5.20. The molecule has 0 aromatic carbocycles.